The molecule has 0 radical (unpaired) electrons. The van der Waals surface area contributed by atoms with Crippen LogP contribution in [0.1, 0.15) is 44.4 Å². The highest BCUT2D eigenvalue weighted by atomic mass is 15.2. The summed E-state index contributed by atoms with van der Waals surface area (Å²) in [5, 5.41) is 3.64. The molecule has 0 spiro atoms. The number of benzene rings is 1. The van der Waals surface area contributed by atoms with Crippen LogP contribution in [0.5, 0.6) is 0 Å². The van der Waals surface area contributed by atoms with E-state index in [0.29, 0.717) is 17.5 Å². The van der Waals surface area contributed by atoms with Crippen molar-refractivity contribution in [3.05, 3.63) is 34.9 Å². The standard InChI is InChI=1S/C18H30N2/c1-13-7-14(2)9-16(8-13)12-20-11-15(3)19-10-17(20)18(4,5)6/h7-9,15,17,19H,10-12H2,1-6H3. The van der Waals surface area contributed by atoms with Crippen LogP contribution in [0.2, 0.25) is 0 Å². The first-order valence-electron chi connectivity index (χ1n) is 7.80. The molecule has 112 valence electrons. The van der Waals surface area contributed by atoms with Gasteiger partial charge >= 0.3 is 0 Å². The van der Waals surface area contributed by atoms with Crippen LogP contribution in [0.4, 0.5) is 0 Å². The van der Waals surface area contributed by atoms with Gasteiger partial charge in [0.2, 0.25) is 0 Å². The van der Waals surface area contributed by atoms with Crippen molar-refractivity contribution in [2.45, 2.75) is 60.2 Å². The first kappa shape index (κ1) is 15.5. The van der Waals surface area contributed by atoms with Crippen molar-refractivity contribution in [2.24, 2.45) is 5.41 Å². The van der Waals surface area contributed by atoms with Crippen molar-refractivity contribution in [1.82, 2.24) is 10.2 Å². The summed E-state index contributed by atoms with van der Waals surface area (Å²) in [7, 11) is 0. The summed E-state index contributed by atoms with van der Waals surface area (Å²) in [4.78, 5) is 2.66. The highest BCUT2D eigenvalue weighted by molar-refractivity contribution is 5.28. The molecular weight excluding hydrogens is 244 g/mol. The lowest BCUT2D eigenvalue weighted by Crippen LogP contribution is -2.59. The van der Waals surface area contributed by atoms with Crippen molar-refractivity contribution in [3.8, 4) is 0 Å². The second kappa shape index (κ2) is 5.87. The first-order valence-corrected chi connectivity index (χ1v) is 7.80. The van der Waals surface area contributed by atoms with Gasteiger partial charge in [-0.1, -0.05) is 50.1 Å². The number of hydrogen-bond acceptors (Lipinski definition) is 2. The van der Waals surface area contributed by atoms with Crippen LogP contribution < -0.4 is 5.32 Å². The highest BCUT2D eigenvalue weighted by Crippen LogP contribution is 2.28. The minimum atomic E-state index is 0.312. The van der Waals surface area contributed by atoms with Crippen molar-refractivity contribution < 1.29 is 0 Å². The van der Waals surface area contributed by atoms with Gasteiger partial charge in [0, 0.05) is 31.7 Å². The Morgan fingerprint density at radius 3 is 2.30 bits per heavy atom. The molecule has 0 aromatic heterocycles. The van der Waals surface area contributed by atoms with Gasteiger partial charge in [0.1, 0.15) is 0 Å². The summed E-state index contributed by atoms with van der Waals surface area (Å²) in [6.07, 6.45) is 0. The summed E-state index contributed by atoms with van der Waals surface area (Å²) in [5.41, 5.74) is 4.50. The molecule has 2 heteroatoms. The van der Waals surface area contributed by atoms with Crippen LogP contribution in [0, 0.1) is 19.3 Å². The van der Waals surface area contributed by atoms with E-state index in [9.17, 15) is 0 Å². The topological polar surface area (TPSA) is 15.3 Å². The Labute approximate surface area is 124 Å². The molecule has 0 amide bonds. The SMILES string of the molecule is Cc1cc(C)cc(CN2CC(C)NCC2C(C)(C)C)c1. The van der Waals surface area contributed by atoms with Crippen LogP contribution >= 0.6 is 0 Å². The van der Waals surface area contributed by atoms with E-state index in [4.69, 9.17) is 0 Å². The third kappa shape index (κ3) is 3.83. The van der Waals surface area contributed by atoms with Crippen molar-refractivity contribution in [3.63, 3.8) is 0 Å². The smallest absolute Gasteiger partial charge is 0.0273 e. The summed E-state index contributed by atoms with van der Waals surface area (Å²) >= 11 is 0. The van der Waals surface area contributed by atoms with Gasteiger partial charge in [0.15, 0.2) is 0 Å². The van der Waals surface area contributed by atoms with E-state index in [1.54, 1.807) is 0 Å². The molecule has 2 unspecified atom stereocenters. The van der Waals surface area contributed by atoms with E-state index < -0.39 is 0 Å². The Hall–Kier alpha value is -0.860. The van der Waals surface area contributed by atoms with Gasteiger partial charge in [-0.25, -0.2) is 0 Å². The fourth-order valence-corrected chi connectivity index (χ4v) is 3.41. The van der Waals surface area contributed by atoms with E-state index in [1.165, 1.54) is 16.7 Å². The molecule has 0 aliphatic carbocycles. The van der Waals surface area contributed by atoms with Crippen LogP contribution in [-0.2, 0) is 6.54 Å². The quantitative estimate of drug-likeness (QED) is 0.888. The van der Waals surface area contributed by atoms with Crippen LogP contribution in [0.15, 0.2) is 18.2 Å². The van der Waals surface area contributed by atoms with Gasteiger partial charge in [-0.15, -0.1) is 0 Å². The maximum Gasteiger partial charge on any atom is 0.0273 e. The molecule has 1 fully saturated rings. The number of aryl methyl sites for hydroxylation is 2. The fourth-order valence-electron chi connectivity index (χ4n) is 3.41. The predicted octanol–water partition coefficient (Wildman–Crippen LogP) is 3.51. The van der Waals surface area contributed by atoms with Gasteiger partial charge in [-0.05, 0) is 31.7 Å². The first-order chi connectivity index (χ1) is 9.25. The summed E-state index contributed by atoms with van der Waals surface area (Å²) in [6.45, 7) is 17.0. The lowest BCUT2D eigenvalue weighted by atomic mass is 9.83. The monoisotopic (exact) mass is 274 g/mol. The minimum Gasteiger partial charge on any atom is -0.311 e. The van der Waals surface area contributed by atoms with Gasteiger partial charge in [0.25, 0.3) is 0 Å². The lowest BCUT2D eigenvalue weighted by molar-refractivity contribution is 0.0526. The van der Waals surface area contributed by atoms with E-state index in [2.05, 4.69) is 70.0 Å². The molecule has 1 N–H and O–H groups in total. The normalized spacial score (nSPS) is 24.9. The summed E-state index contributed by atoms with van der Waals surface area (Å²) < 4.78 is 0. The molecule has 20 heavy (non-hydrogen) atoms. The van der Waals surface area contributed by atoms with Gasteiger partial charge in [0.05, 0.1) is 0 Å². The summed E-state index contributed by atoms with van der Waals surface area (Å²) in [5.74, 6) is 0. The third-order valence-electron chi connectivity index (χ3n) is 4.28. The average Bonchev–Trinajstić information content (AvgIpc) is 2.25. The largest absolute Gasteiger partial charge is 0.311 e. The van der Waals surface area contributed by atoms with Crippen LogP contribution in [0.3, 0.4) is 0 Å². The zero-order chi connectivity index (χ0) is 14.9. The average molecular weight is 274 g/mol. The number of piperazine rings is 1. The number of rotatable bonds is 2. The molecule has 1 aliphatic rings. The summed E-state index contributed by atoms with van der Waals surface area (Å²) in [6, 6.07) is 8.10. The molecule has 1 aliphatic heterocycles. The zero-order valence-corrected chi connectivity index (χ0v) is 14.0. The van der Waals surface area contributed by atoms with Crippen molar-refractivity contribution in [2.75, 3.05) is 13.1 Å². The molecule has 2 atom stereocenters. The Bertz CT molecular complexity index is 439. The maximum absolute atomic E-state index is 3.64. The van der Waals surface area contributed by atoms with Crippen molar-refractivity contribution >= 4 is 0 Å². The molecule has 1 aromatic carbocycles. The number of nitrogens with one attached hydrogen (secondary N) is 1. The molecule has 0 bridgehead atoms. The Morgan fingerprint density at radius 1 is 1.15 bits per heavy atom. The third-order valence-corrected chi connectivity index (χ3v) is 4.28. The van der Waals surface area contributed by atoms with Gasteiger partial charge < -0.3 is 5.32 Å². The highest BCUT2D eigenvalue weighted by Gasteiger charge is 2.34. The predicted molar refractivity (Wildman–Crippen MR) is 87.0 cm³/mol. The molecule has 0 saturated carbocycles. The molecule has 1 saturated heterocycles. The fraction of sp³-hybridized carbons (Fsp3) is 0.667. The van der Waals surface area contributed by atoms with Gasteiger partial charge in [-0.2, -0.15) is 0 Å². The molecular formula is C18H30N2. The number of hydrogen-bond donors (Lipinski definition) is 1. The second-order valence-electron chi connectivity index (χ2n) is 7.62. The van der Waals surface area contributed by atoms with E-state index in [0.717, 1.165) is 19.6 Å². The molecule has 1 heterocycles. The maximum atomic E-state index is 3.64. The van der Waals surface area contributed by atoms with Gasteiger partial charge in [-0.3, -0.25) is 4.90 Å². The number of nitrogens with zero attached hydrogens (tertiary/aromatic N) is 1. The molecule has 1 aromatic rings. The minimum absolute atomic E-state index is 0.312. The van der Waals surface area contributed by atoms with Crippen LogP contribution in [-0.4, -0.2) is 30.1 Å². The van der Waals surface area contributed by atoms with E-state index in [1.807, 2.05) is 0 Å². The van der Waals surface area contributed by atoms with E-state index >= 15 is 0 Å². The van der Waals surface area contributed by atoms with Crippen molar-refractivity contribution in [1.29, 1.82) is 0 Å². The Balaban J connectivity index is 2.18. The molecule has 2 rings (SSSR count). The van der Waals surface area contributed by atoms with Crippen LogP contribution in [0.25, 0.3) is 0 Å². The Morgan fingerprint density at radius 2 is 1.75 bits per heavy atom. The lowest BCUT2D eigenvalue weighted by Gasteiger charge is -2.46. The van der Waals surface area contributed by atoms with E-state index in [-0.39, 0.29) is 0 Å². The zero-order valence-electron chi connectivity index (χ0n) is 14.0. The molecule has 2 nitrogen and oxygen atoms in total. The second-order valence-corrected chi connectivity index (χ2v) is 7.62. The Kier molecular flexibility index (Phi) is 4.55.